The van der Waals surface area contributed by atoms with Crippen molar-refractivity contribution in [2.75, 3.05) is 0 Å². The van der Waals surface area contributed by atoms with E-state index in [1.54, 1.807) is 0 Å². The van der Waals surface area contributed by atoms with Gasteiger partial charge < -0.3 is 0 Å². The fraction of sp³-hybridized carbons (Fsp3) is 0.286. The van der Waals surface area contributed by atoms with Crippen molar-refractivity contribution in [2.45, 2.75) is 50.1 Å². The fourth-order valence-electron chi connectivity index (χ4n) is 4.20. The molecule has 4 nitrogen and oxygen atoms in total. The van der Waals surface area contributed by atoms with E-state index >= 15 is 0 Å². The number of nitrogens with one attached hydrogen (secondary N) is 1. The van der Waals surface area contributed by atoms with Crippen molar-refractivity contribution in [3.8, 4) is 11.1 Å². The van der Waals surface area contributed by atoms with Gasteiger partial charge in [0.05, 0.1) is 0 Å². The molecule has 1 aliphatic carbocycles. The topological polar surface area (TPSA) is 55.4 Å². The standard InChI is InChI=1S/C28H29NO3Se/c1-28(2,3)32-27(31)29-25(17-19-11-5-4-6-12-19)26(30)33-18-24-22-15-9-7-13-20(22)21-14-8-10-16-23(21)24/h4-16,24-25H,17-18H2,1-3H3,(H,29,31)/t25-/m0/s1. The normalized spacial score (nSPS) is 13.7. The fourth-order valence-corrected chi connectivity index (χ4v) is 6.37. The molecular formula is C28H29NO3Se. The Bertz CT molecular complexity index is 1090. The van der Waals surface area contributed by atoms with Crippen LogP contribution in [0.4, 0.5) is 4.79 Å². The van der Waals surface area contributed by atoms with E-state index < -0.39 is 17.7 Å². The number of alkyl carbamates (subject to hydrolysis) is 1. The summed E-state index contributed by atoms with van der Waals surface area (Å²) < 4.78 is 5.51. The Kier molecular flexibility index (Phi) is 7.02. The van der Waals surface area contributed by atoms with Crippen LogP contribution in [0.25, 0.3) is 11.1 Å². The Balaban J connectivity index is 1.50. The predicted molar refractivity (Wildman–Crippen MR) is 133 cm³/mol. The SMILES string of the molecule is CC(C)(C)OC(=O)N[C@@H](Cc1ccccc1)C(=O)[Se]CC1c2ccccc2-c2ccccc21. The molecule has 1 amide bonds. The molecule has 0 radical (unpaired) electrons. The van der Waals surface area contributed by atoms with Gasteiger partial charge in [0.15, 0.2) is 0 Å². The summed E-state index contributed by atoms with van der Waals surface area (Å²) in [6.07, 6.45) is -0.0949. The first-order valence-electron chi connectivity index (χ1n) is 11.2. The van der Waals surface area contributed by atoms with Crippen molar-refractivity contribution in [1.82, 2.24) is 5.32 Å². The number of hydrogen-bond acceptors (Lipinski definition) is 3. The summed E-state index contributed by atoms with van der Waals surface area (Å²) in [4.78, 5) is 25.9. The molecule has 0 aliphatic heterocycles. The molecule has 1 aliphatic rings. The zero-order chi connectivity index (χ0) is 23.4. The van der Waals surface area contributed by atoms with Gasteiger partial charge in [-0.2, -0.15) is 0 Å². The average Bonchev–Trinajstić information content (AvgIpc) is 3.10. The Morgan fingerprint density at radius 3 is 2.00 bits per heavy atom. The molecule has 3 aromatic rings. The quantitative estimate of drug-likeness (QED) is 0.426. The van der Waals surface area contributed by atoms with Crippen LogP contribution >= 0.6 is 0 Å². The van der Waals surface area contributed by atoms with Crippen molar-refractivity contribution < 1.29 is 14.3 Å². The van der Waals surface area contributed by atoms with Crippen LogP contribution in [0.3, 0.4) is 0 Å². The summed E-state index contributed by atoms with van der Waals surface area (Å²) in [7, 11) is 0. The van der Waals surface area contributed by atoms with Gasteiger partial charge in [-0.3, -0.25) is 0 Å². The first-order valence-corrected chi connectivity index (χ1v) is 13.3. The molecule has 4 rings (SSSR count). The molecule has 0 spiro atoms. The van der Waals surface area contributed by atoms with Crippen molar-refractivity contribution in [1.29, 1.82) is 0 Å². The third-order valence-corrected chi connectivity index (χ3v) is 7.86. The van der Waals surface area contributed by atoms with Gasteiger partial charge in [-0.1, -0.05) is 0 Å². The number of carbonyl (C=O) groups excluding carboxylic acids is 2. The Morgan fingerprint density at radius 2 is 1.42 bits per heavy atom. The summed E-state index contributed by atoms with van der Waals surface area (Å²) in [6, 6.07) is 26.1. The van der Waals surface area contributed by atoms with Crippen LogP contribution in [0.1, 0.15) is 43.4 Å². The van der Waals surface area contributed by atoms with Gasteiger partial charge >= 0.3 is 202 Å². The van der Waals surface area contributed by atoms with Crippen LogP contribution in [0.5, 0.6) is 0 Å². The van der Waals surface area contributed by atoms with Crippen LogP contribution in [-0.2, 0) is 16.0 Å². The summed E-state index contributed by atoms with van der Waals surface area (Å²) in [6.45, 7) is 5.46. The van der Waals surface area contributed by atoms with E-state index in [1.807, 2.05) is 51.1 Å². The summed E-state index contributed by atoms with van der Waals surface area (Å²) >= 11 is -0.302. The molecular weight excluding hydrogens is 477 g/mol. The van der Waals surface area contributed by atoms with E-state index in [-0.39, 0.29) is 25.6 Å². The van der Waals surface area contributed by atoms with Crippen LogP contribution in [-0.4, -0.2) is 37.4 Å². The maximum absolute atomic E-state index is 13.4. The monoisotopic (exact) mass is 507 g/mol. The van der Waals surface area contributed by atoms with E-state index in [0.29, 0.717) is 6.42 Å². The van der Waals surface area contributed by atoms with Gasteiger partial charge in [0, 0.05) is 0 Å². The second-order valence-corrected chi connectivity index (χ2v) is 11.4. The maximum atomic E-state index is 13.4. The van der Waals surface area contributed by atoms with E-state index in [0.717, 1.165) is 10.9 Å². The third-order valence-electron chi connectivity index (χ3n) is 5.61. The van der Waals surface area contributed by atoms with Crippen molar-refractivity contribution in [2.24, 2.45) is 0 Å². The molecule has 1 N–H and O–H groups in total. The molecule has 0 aromatic heterocycles. The number of rotatable bonds is 7. The Hall–Kier alpha value is -2.88. The van der Waals surface area contributed by atoms with Gasteiger partial charge in [0.2, 0.25) is 0 Å². The van der Waals surface area contributed by atoms with Gasteiger partial charge in [-0.05, 0) is 0 Å². The van der Waals surface area contributed by atoms with Crippen molar-refractivity contribution in [3.63, 3.8) is 0 Å². The molecule has 1 atom stereocenters. The van der Waals surface area contributed by atoms with Gasteiger partial charge in [-0.15, -0.1) is 0 Å². The Morgan fingerprint density at radius 1 is 0.879 bits per heavy atom. The first-order chi connectivity index (χ1) is 15.8. The number of amides is 1. The van der Waals surface area contributed by atoms with Crippen LogP contribution in [0.2, 0.25) is 5.32 Å². The zero-order valence-corrected chi connectivity index (χ0v) is 20.9. The van der Waals surface area contributed by atoms with Gasteiger partial charge in [0.25, 0.3) is 0 Å². The molecule has 33 heavy (non-hydrogen) atoms. The molecule has 5 heteroatoms. The number of benzene rings is 3. The average molecular weight is 507 g/mol. The summed E-state index contributed by atoms with van der Waals surface area (Å²) in [5, 5.41) is 3.61. The number of hydrogen-bond donors (Lipinski definition) is 1. The van der Waals surface area contributed by atoms with E-state index in [4.69, 9.17) is 4.74 Å². The molecule has 0 bridgehead atoms. The van der Waals surface area contributed by atoms with Crippen molar-refractivity contribution in [3.05, 3.63) is 95.6 Å². The molecule has 0 unspecified atom stereocenters. The number of ether oxygens (including phenoxy) is 1. The summed E-state index contributed by atoms with van der Waals surface area (Å²) in [5.41, 5.74) is 5.48. The Labute approximate surface area is 201 Å². The number of fused-ring (bicyclic) bond motifs is 3. The minimum absolute atomic E-state index is 0.0825. The molecule has 3 aromatic carbocycles. The van der Waals surface area contributed by atoms with E-state index in [2.05, 4.69) is 53.8 Å². The van der Waals surface area contributed by atoms with Crippen LogP contribution in [0, 0.1) is 0 Å². The first kappa shape index (κ1) is 23.3. The minimum atomic E-state index is -0.618. The predicted octanol–water partition coefficient (Wildman–Crippen LogP) is 5.58. The molecule has 0 saturated carbocycles. The molecule has 0 saturated heterocycles. The third kappa shape index (κ3) is 5.73. The van der Waals surface area contributed by atoms with Gasteiger partial charge in [0.1, 0.15) is 0 Å². The second kappa shape index (κ2) is 9.94. The molecule has 170 valence electrons. The van der Waals surface area contributed by atoms with Crippen LogP contribution in [0.15, 0.2) is 78.9 Å². The zero-order valence-electron chi connectivity index (χ0n) is 19.2. The second-order valence-electron chi connectivity index (χ2n) is 9.25. The van der Waals surface area contributed by atoms with Crippen molar-refractivity contribution >= 4 is 25.7 Å². The molecule has 0 fully saturated rings. The molecule has 0 heterocycles. The van der Waals surface area contributed by atoms with E-state index in [1.165, 1.54) is 22.3 Å². The van der Waals surface area contributed by atoms with Crippen LogP contribution < -0.4 is 5.32 Å². The number of carbonyl (C=O) groups is 2. The van der Waals surface area contributed by atoms with Gasteiger partial charge in [-0.25, -0.2) is 0 Å². The van der Waals surface area contributed by atoms with E-state index in [9.17, 15) is 9.59 Å². The summed E-state index contributed by atoms with van der Waals surface area (Å²) in [5.74, 6) is 0.209.